The summed E-state index contributed by atoms with van der Waals surface area (Å²) in [5.41, 5.74) is 0.840. The number of anilines is 1. The van der Waals surface area contributed by atoms with E-state index >= 15 is 0 Å². The molecule has 0 spiro atoms. The van der Waals surface area contributed by atoms with E-state index in [9.17, 15) is 19.1 Å². The molecule has 2 atom stereocenters. The van der Waals surface area contributed by atoms with Crippen molar-refractivity contribution in [1.29, 1.82) is 0 Å². The molecule has 0 bridgehead atoms. The number of rotatable bonds is 5. The number of carbonyl (C=O) groups is 1. The van der Waals surface area contributed by atoms with E-state index in [4.69, 9.17) is 11.6 Å². The smallest absolute Gasteiger partial charge is 0.322 e. The minimum atomic E-state index is -0.783. The topological polar surface area (TPSA) is 85.4 Å². The summed E-state index contributed by atoms with van der Waals surface area (Å²) in [6, 6.07) is 10.0. The van der Waals surface area contributed by atoms with E-state index in [-0.39, 0.29) is 17.1 Å². The summed E-state index contributed by atoms with van der Waals surface area (Å²) in [6.07, 6.45) is 0.793. The zero-order valence-corrected chi connectivity index (χ0v) is 16.7. The number of H-pyrrole nitrogens is 1. The molecule has 8 heteroatoms. The number of nitrogens with one attached hydrogen (secondary N) is 2. The number of aromatic nitrogens is 1. The van der Waals surface area contributed by atoms with Crippen LogP contribution < -0.4 is 10.9 Å². The van der Waals surface area contributed by atoms with Gasteiger partial charge in [0.2, 0.25) is 0 Å². The number of aliphatic hydroxyl groups excluding tert-OH is 1. The molecule has 3 rings (SSSR count). The maximum Gasteiger partial charge on any atom is 0.322 e. The van der Waals surface area contributed by atoms with Crippen molar-refractivity contribution in [3.05, 3.63) is 75.4 Å². The first kappa shape index (κ1) is 20.8. The highest BCUT2D eigenvalue weighted by atomic mass is 35.5. The Morgan fingerprint density at radius 2 is 1.93 bits per heavy atom. The van der Waals surface area contributed by atoms with Gasteiger partial charge < -0.3 is 20.3 Å². The molecule has 2 aromatic carbocycles. The van der Waals surface area contributed by atoms with Crippen molar-refractivity contribution in [3.63, 3.8) is 0 Å². The fraction of sp³-hybridized carbons (Fsp3) is 0.238. The molecule has 1 aromatic heterocycles. The Hall–Kier alpha value is -2.90. The molecular formula is C21H21ClFN3O3. The van der Waals surface area contributed by atoms with Crippen LogP contribution in [0.4, 0.5) is 14.9 Å². The van der Waals surface area contributed by atoms with Gasteiger partial charge in [-0.1, -0.05) is 29.8 Å². The molecule has 6 nitrogen and oxygen atoms in total. The fourth-order valence-corrected chi connectivity index (χ4v) is 3.40. The summed E-state index contributed by atoms with van der Waals surface area (Å²) in [6.45, 7) is 3.43. The SMILES string of the molecule is C[C@H](c1c[nH]c(=O)c2ccccc12)N(C[C@@H](C)O)C(=O)Nc1ccc(F)c(Cl)c1. The molecule has 0 aliphatic heterocycles. The van der Waals surface area contributed by atoms with Gasteiger partial charge in [-0.05, 0) is 49.1 Å². The van der Waals surface area contributed by atoms with E-state index in [0.29, 0.717) is 11.1 Å². The summed E-state index contributed by atoms with van der Waals surface area (Å²) in [5.74, 6) is -0.585. The number of amides is 2. The zero-order chi connectivity index (χ0) is 21.1. The summed E-state index contributed by atoms with van der Waals surface area (Å²) in [7, 11) is 0. The van der Waals surface area contributed by atoms with Gasteiger partial charge in [0.15, 0.2) is 0 Å². The van der Waals surface area contributed by atoms with Crippen molar-refractivity contribution in [3.8, 4) is 0 Å². The number of halogens is 2. The van der Waals surface area contributed by atoms with E-state index < -0.39 is 24.0 Å². The van der Waals surface area contributed by atoms with Crippen molar-refractivity contribution >= 4 is 34.1 Å². The third kappa shape index (κ3) is 4.58. The van der Waals surface area contributed by atoms with Gasteiger partial charge in [0, 0.05) is 23.8 Å². The van der Waals surface area contributed by atoms with Crippen LogP contribution in [0.25, 0.3) is 10.8 Å². The number of pyridine rings is 1. The van der Waals surface area contributed by atoms with Gasteiger partial charge in [0.25, 0.3) is 5.56 Å². The lowest BCUT2D eigenvalue weighted by atomic mass is 10.0. The Morgan fingerprint density at radius 3 is 2.59 bits per heavy atom. The number of carbonyl (C=O) groups excluding carboxylic acids is 1. The predicted molar refractivity (Wildman–Crippen MR) is 112 cm³/mol. The van der Waals surface area contributed by atoms with Crippen LogP contribution in [0.3, 0.4) is 0 Å². The molecule has 0 unspecified atom stereocenters. The maximum atomic E-state index is 13.4. The van der Waals surface area contributed by atoms with Crippen LogP contribution in [0.1, 0.15) is 25.5 Å². The minimum absolute atomic E-state index is 0.0510. The number of fused-ring (bicyclic) bond motifs is 1. The molecule has 3 N–H and O–H groups in total. The summed E-state index contributed by atoms with van der Waals surface area (Å²) >= 11 is 5.79. The van der Waals surface area contributed by atoms with Crippen LogP contribution in [0.5, 0.6) is 0 Å². The first-order valence-electron chi connectivity index (χ1n) is 9.09. The number of urea groups is 1. The average molecular weight is 418 g/mol. The van der Waals surface area contributed by atoms with Gasteiger partial charge in [0.1, 0.15) is 5.82 Å². The number of hydrogen-bond acceptors (Lipinski definition) is 3. The number of aromatic amines is 1. The van der Waals surface area contributed by atoms with Crippen molar-refractivity contribution in [2.45, 2.75) is 26.0 Å². The second-order valence-corrected chi connectivity index (χ2v) is 7.26. The van der Waals surface area contributed by atoms with Gasteiger partial charge in [0.05, 0.1) is 17.2 Å². The largest absolute Gasteiger partial charge is 0.392 e. The molecule has 0 fully saturated rings. The molecule has 29 heavy (non-hydrogen) atoms. The molecule has 0 aliphatic carbocycles. The Labute approximate surface area is 171 Å². The quantitative estimate of drug-likeness (QED) is 0.578. The molecule has 0 saturated heterocycles. The summed E-state index contributed by atoms with van der Waals surface area (Å²) < 4.78 is 13.4. The van der Waals surface area contributed by atoms with E-state index in [1.807, 2.05) is 12.1 Å². The van der Waals surface area contributed by atoms with Crippen LogP contribution in [0, 0.1) is 5.82 Å². The van der Waals surface area contributed by atoms with E-state index in [1.54, 1.807) is 32.2 Å². The molecule has 1 heterocycles. The summed E-state index contributed by atoms with van der Waals surface area (Å²) in [5, 5.41) is 13.7. The van der Waals surface area contributed by atoms with Crippen molar-refractivity contribution in [2.24, 2.45) is 0 Å². The van der Waals surface area contributed by atoms with Crippen molar-refractivity contribution in [1.82, 2.24) is 9.88 Å². The Balaban J connectivity index is 1.96. The number of benzene rings is 2. The third-order valence-electron chi connectivity index (χ3n) is 4.65. The Kier molecular flexibility index (Phi) is 6.20. The lowest BCUT2D eigenvalue weighted by Gasteiger charge is -2.31. The molecule has 2 amide bonds. The third-order valence-corrected chi connectivity index (χ3v) is 4.94. The highest BCUT2D eigenvalue weighted by Crippen LogP contribution is 2.27. The van der Waals surface area contributed by atoms with Crippen LogP contribution in [0.15, 0.2) is 53.5 Å². The fourth-order valence-electron chi connectivity index (χ4n) is 3.22. The van der Waals surface area contributed by atoms with Crippen molar-refractivity contribution in [2.75, 3.05) is 11.9 Å². The first-order chi connectivity index (χ1) is 13.8. The second-order valence-electron chi connectivity index (χ2n) is 6.86. The van der Waals surface area contributed by atoms with Crippen LogP contribution >= 0.6 is 11.6 Å². The Bertz CT molecular complexity index is 1100. The molecule has 152 valence electrons. The summed E-state index contributed by atoms with van der Waals surface area (Å²) in [4.78, 5) is 29.2. The monoisotopic (exact) mass is 417 g/mol. The van der Waals surface area contributed by atoms with Gasteiger partial charge >= 0.3 is 6.03 Å². The zero-order valence-electron chi connectivity index (χ0n) is 15.9. The molecule has 0 aliphatic rings. The van der Waals surface area contributed by atoms with E-state index in [0.717, 1.165) is 17.0 Å². The molecule has 3 aromatic rings. The standard InChI is InChI=1S/C21H21ClFN3O3/c1-12(27)11-26(21(29)25-14-7-8-19(23)18(22)9-14)13(2)17-10-24-20(28)16-6-4-3-5-15(16)17/h3-10,12-13,27H,11H2,1-2H3,(H,24,28)(H,25,29)/t12-,13-/m1/s1. The molecule has 0 radical (unpaired) electrons. The lowest BCUT2D eigenvalue weighted by Crippen LogP contribution is -2.41. The van der Waals surface area contributed by atoms with Gasteiger partial charge in [-0.15, -0.1) is 0 Å². The number of aliphatic hydroxyl groups is 1. The van der Waals surface area contributed by atoms with Gasteiger partial charge in [-0.25, -0.2) is 9.18 Å². The van der Waals surface area contributed by atoms with Crippen LogP contribution in [-0.2, 0) is 0 Å². The lowest BCUT2D eigenvalue weighted by molar-refractivity contribution is 0.121. The normalized spacial score (nSPS) is 13.1. The number of nitrogens with zero attached hydrogens (tertiary/aromatic N) is 1. The van der Waals surface area contributed by atoms with E-state index in [1.165, 1.54) is 17.0 Å². The minimum Gasteiger partial charge on any atom is -0.392 e. The highest BCUT2D eigenvalue weighted by molar-refractivity contribution is 6.31. The van der Waals surface area contributed by atoms with Crippen LogP contribution in [-0.4, -0.2) is 33.7 Å². The molecule has 0 saturated carbocycles. The first-order valence-corrected chi connectivity index (χ1v) is 9.46. The molecular weight excluding hydrogens is 397 g/mol. The Morgan fingerprint density at radius 1 is 1.24 bits per heavy atom. The number of hydrogen-bond donors (Lipinski definition) is 3. The average Bonchev–Trinajstić information content (AvgIpc) is 2.69. The van der Waals surface area contributed by atoms with Gasteiger partial charge in [-0.3, -0.25) is 4.79 Å². The maximum absolute atomic E-state index is 13.4. The van der Waals surface area contributed by atoms with Gasteiger partial charge in [-0.2, -0.15) is 0 Å². The highest BCUT2D eigenvalue weighted by Gasteiger charge is 2.25. The second kappa shape index (κ2) is 8.63. The predicted octanol–water partition coefficient (Wildman–Crippen LogP) is 4.30. The van der Waals surface area contributed by atoms with Crippen LogP contribution in [0.2, 0.25) is 5.02 Å². The van der Waals surface area contributed by atoms with Crippen molar-refractivity contribution < 1.29 is 14.3 Å². The van der Waals surface area contributed by atoms with E-state index in [2.05, 4.69) is 10.3 Å².